The largest absolute Gasteiger partial charge is 0.485 e. The van der Waals surface area contributed by atoms with Crippen LogP contribution in [0.3, 0.4) is 0 Å². The van der Waals surface area contributed by atoms with E-state index in [1.165, 1.54) is 0 Å². The van der Waals surface area contributed by atoms with E-state index in [2.05, 4.69) is 0 Å². The van der Waals surface area contributed by atoms with Crippen molar-refractivity contribution in [3.05, 3.63) is 54.1 Å². The number of amides is 2. The van der Waals surface area contributed by atoms with Crippen molar-refractivity contribution in [3.8, 4) is 11.5 Å². The molecule has 0 saturated carbocycles. The van der Waals surface area contributed by atoms with Gasteiger partial charge in [0.1, 0.15) is 11.5 Å². The average Bonchev–Trinajstić information content (AvgIpc) is 2.78. The van der Waals surface area contributed by atoms with Crippen molar-refractivity contribution in [1.29, 1.82) is 0 Å². The highest BCUT2D eigenvalue weighted by molar-refractivity contribution is 6.02. The first kappa shape index (κ1) is 21.4. The number of Topliss-reactive ketones (excluding diaryl/α,β-unsaturated/α-hetero) is 1. The smallest absolute Gasteiger partial charge is 0.265 e. The van der Waals surface area contributed by atoms with Crippen molar-refractivity contribution >= 4 is 23.3 Å². The molecule has 0 saturated heterocycles. The minimum absolute atomic E-state index is 0.0421. The molecule has 0 N–H and O–H groups in total. The van der Waals surface area contributed by atoms with Crippen LogP contribution in [0.1, 0.15) is 30.1 Å². The van der Waals surface area contributed by atoms with Crippen LogP contribution in [0.25, 0.3) is 0 Å². The van der Waals surface area contributed by atoms with Gasteiger partial charge < -0.3 is 19.3 Å². The van der Waals surface area contributed by atoms with Gasteiger partial charge in [-0.25, -0.2) is 0 Å². The van der Waals surface area contributed by atoms with Gasteiger partial charge in [-0.2, -0.15) is 0 Å². The number of ketones is 1. The number of nitrogens with zero attached hydrogens (tertiary/aromatic N) is 2. The fourth-order valence-electron chi connectivity index (χ4n) is 3.13. The number of para-hydroxylation sites is 1. The molecule has 1 heterocycles. The fourth-order valence-corrected chi connectivity index (χ4v) is 3.13. The Bertz CT molecular complexity index is 913. The molecule has 0 aliphatic carbocycles. The SMILES string of the molecule is CCN(C)C(=O)CCCN1C(=O)COc2ccc(C(=O)COc3ccccc3)cc21. The third-order valence-corrected chi connectivity index (χ3v) is 5.01. The molecule has 0 bridgehead atoms. The van der Waals surface area contributed by atoms with Crippen molar-refractivity contribution < 1.29 is 23.9 Å². The first-order chi connectivity index (χ1) is 14.5. The van der Waals surface area contributed by atoms with Gasteiger partial charge in [-0.15, -0.1) is 0 Å². The van der Waals surface area contributed by atoms with Crippen LogP contribution in [0.15, 0.2) is 48.5 Å². The second-order valence-electron chi connectivity index (χ2n) is 7.05. The lowest BCUT2D eigenvalue weighted by Gasteiger charge is -2.30. The highest BCUT2D eigenvalue weighted by atomic mass is 16.5. The van der Waals surface area contributed by atoms with Crippen molar-refractivity contribution in [2.24, 2.45) is 0 Å². The van der Waals surface area contributed by atoms with Gasteiger partial charge in [-0.1, -0.05) is 18.2 Å². The Labute approximate surface area is 176 Å². The van der Waals surface area contributed by atoms with E-state index in [4.69, 9.17) is 9.47 Å². The fraction of sp³-hybridized carbons (Fsp3) is 0.348. The van der Waals surface area contributed by atoms with E-state index in [9.17, 15) is 14.4 Å². The Hall–Kier alpha value is -3.35. The summed E-state index contributed by atoms with van der Waals surface area (Å²) in [6.07, 6.45) is 0.886. The quantitative estimate of drug-likeness (QED) is 0.594. The molecule has 0 atom stereocenters. The summed E-state index contributed by atoms with van der Waals surface area (Å²) in [7, 11) is 1.76. The van der Waals surface area contributed by atoms with Gasteiger partial charge in [0.15, 0.2) is 19.0 Å². The van der Waals surface area contributed by atoms with Crippen molar-refractivity contribution in [1.82, 2.24) is 4.90 Å². The maximum Gasteiger partial charge on any atom is 0.265 e. The van der Waals surface area contributed by atoms with E-state index < -0.39 is 0 Å². The molecule has 2 amide bonds. The first-order valence-electron chi connectivity index (χ1n) is 10.0. The predicted molar refractivity (Wildman–Crippen MR) is 113 cm³/mol. The summed E-state index contributed by atoms with van der Waals surface area (Å²) in [4.78, 5) is 40.3. The predicted octanol–water partition coefficient (Wildman–Crippen LogP) is 2.93. The highest BCUT2D eigenvalue weighted by Gasteiger charge is 2.26. The Kier molecular flexibility index (Phi) is 7.06. The third-order valence-electron chi connectivity index (χ3n) is 5.01. The summed E-state index contributed by atoms with van der Waals surface area (Å²) < 4.78 is 11.0. The molecular weight excluding hydrogens is 384 g/mol. The molecule has 1 aliphatic rings. The van der Waals surface area contributed by atoms with Crippen LogP contribution in [-0.4, -0.2) is 55.8 Å². The molecule has 30 heavy (non-hydrogen) atoms. The van der Waals surface area contributed by atoms with Gasteiger partial charge in [0.25, 0.3) is 5.91 Å². The number of fused-ring (bicyclic) bond motifs is 1. The minimum Gasteiger partial charge on any atom is -0.485 e. The number of hydrogen-bond donors (Lipinski definition) is 0. The number of rotatable bonds is 9. The van der Waals surface area contributed by atoms with Crippen LogP contribution in [0, 0.1) is 0 Å². The molecule has 0 aromatic heterocycles. The van der Waals surface area contributed by atoms with E-state index >= 15 is 0 Å². The zero-order valence-corrected chi connectivity index (χ0v) is 17.3. The van der Waals surface area contributed by atoms with Gasteiger partial charge >= 0.3 is 0 Å². The van der Waals surface area contributed by atoms with E-state index in [0.29, 0.717) is 48.7 Å². The molecule has 0 fully saturated rings. The highest BCUT2D eigenvalue weighted by Crippen LogP contribution is 2.33. The van der Waals surface area contributed by atoms with Gasteiger partial charge in [-0.05, 0) is 43.7 Å². The van der Waals surface area contributed by atoms with Crippen molar-refractivity contribution in [3.63, 3.8) is 0 Å². The normalized spacial score (nSPS) is 12.7. The Morgan fingerprint density at radius 1 is 1.17 bits per heavy atom. The Morgan fingerprint density at radius 3 is 2.67 bits per heavy atom. The van der Waals surface area contributed by atoms with Crippen LogP contribution in [0.5, 0.6) is 11.5 Å². The molecule has 2 aromatic carbocycles. The van der Waals surface area contributed by atoms with Crippen LogP contribution < -0.4 is 14.4 Å². The zero-order valence-electron chi connectivity index (χ0n) is 17.3. The maximum absolute atomic E-state index is 12.6. The van der Waals surface area contributed by atoms with Crippen molar-refractivity contribution in [2.45, 2.75) is 19.8 Å². The number of ether oxygens (including phenoxy) is 2. The lowest BCUT2D eigenvalue weighted by molar-refractivity contribution is -0.130. The molecular formula is C23H26N2O5. The lowest BCUT2D eigenvalue weighted by atomic mass is 10.1. The van der Waals surface area contributed by atoms with Crippen LogP contribution in [0.2, 0.25) is 0 Å². The monoisotopic (exact) mass is 410 g/mol. The summed E-state index contributed by atoms with van der Waals surface area (Å²) in [6.45, 7) is 2.79. The Balaban J connectivity index is 1.68. The summed E-state index contributed by atoms with van der Waals surface area (Å²) in [5, 5.41) is 0. The van der Waals surface area contributed by atoms with Crippen molar-refractivity contribution in [2.75, 3.05) is 38.3 Å². The van der Waals surface area contributed by atoms with E-state index in [1.54, 1.807) is 47.2 Å². The molecule has 2 aromatic rings. The molecule has 158 valence electrons. The van der Waals surface area contributed by atoms with Gasteiger partial charge in [0, 0.05) is 32.1 Å². The molecule has 0 unspecified atom stereocenters. The maximum atomic E-state index is 12.6. The molecule has 1 aliphatic heterocycles. The second-order valence-corrected chi connectivity index (χ2v) is 7.05. The molecule has 3 rings (SSSR count). The lowest BCUT2D eigenvalue weighted by Crippen LogP contribution is -2.40. The van der Waals surface area contributed by atoms with Gasteiger partial charge in [-0.3, -0.25) is 14.4 Å². The van der Waals surface area contributed by atoms with Crippen LogP contribution in [0.4, 0.5) is 5.69 Å². The molecule has 7 nitrogen and oxygen atoms in total. The van der Waals surface area contributed by atoms with Crippen LogP contribution in [-0.2, 0) is 9.59 Å². The van der Waals surface area contributed by atoms with Gasteiger partial charge in [0.05, 0.1) is 5.69 Å². The minimum atomic E-state index is -0.195. The standard InChI is InChI=1S/C23H26N2O5/c1-3-24(2)22(27)10-7-13-25-19-14-17(11-12-21(19)30-16-23(25)28)20(26)15-29-18-8-5-4-6-9-18/h4-6,8-9,11-12,14H,3,7,10,13,15-16H2,1-2H3. The number of hydrogen-bond acceptors (Lipinski definition) is 5. The van der Waals surface area contributed by atoms with E-state index in [-0.39, 0.29) is 30.8 Å². The summed E-state index contributed by atoms with van der Waals surface area (Å²) in [6, 6.07) is 14.1. The molecule has 0 radical (unpaired) electrons. The van der Waals surface area contributed by atoms with Crippen LogP contribution >= 0.6 is 0 Å². The number of anilines is 1. The van der Waals surface area contributed by atoms with Gasteiger partial charge in [0.2, 0.25) is 5.91 Å². The number of benzene rings is 2. The molecule has 0 spiro atoms. The third kappa shape index (κ3) is 5.17. The summed E-state index contributed by atoms with van der Waals surface area (Å²) in [5.41, 5.74) is 0.989. The first-order valence-corrected chi connectivity index (χ1v) is 10.0. The topological polar surface area (TPSA) is 76.2 Å². The zero-order chi connectivity index (χ0) is 21.5. The van der Waals surface area contributed by atoms with E-state index in [0.717, 1.165) is 0 Å². The average molecular weight is 410 g/mol. The molecule has 7 heteroatoms. The Morgan fingerprint density at radius 2 is 1.93 bits per heavy atom. The summed E-state index contributed by atoms with van der Waals surface area (Å²) >= 11 is 0. The van der Waals surface area contributed by atoms with E-state index in [1.807, 2.05) is 25.1 Å². The summed E-state index contributed by atoms with van der Waals surface area (Å²) in [5.74, 6) is 0.821. The number of carbonyl (C=O) groups excluding carboxylic acids is 3. The number of carbonyl (C=O) groups is 3. The second kappa shape index (κ2) is 9.91.